The standard InChI is InChI=1S/C16H19N3O2/c1-2-4-12(17-7-3-1)16-18-9-13(19-16)11-5-6-14-15(8-11)21-10-20-14/h5-6,8-9,12,17H,1-4,7,10H2,(H,18,19). The van der Waals surface area contributed by atoms with Crippen LogP contribution in [0.1, 0.15) is 37.5 Å². The zero-order chi connectivity index (χ0) is 14.1. The van der Waals surface area contributed by atoms with Crippen molar-refractivity contribution >= 4 is 0 Å². The highest BCUT2D eigenvalue weighted by molar-refractivity contribution is 5.64. The molecule has 21 heavy (non-hydrogen) atoms. The number of hydrogen-bond acceptors (Lipinski definition) is 4. The molecule has 5 nitrogen and oxygen atoms in total. The van der Waals surface area contributed by atoms with Crippen LogP contribution in [0.25, 0.3) is 11.3 Å². The molecule has 4 rings (SSSR count). The molecule has 2 aromatic rings. The number of hydrogen-bond donors (Lipinski definition) is 2. The van der Waals surface area contributed by atoms with E-state index in [-0.39, 0.29) is 0 Å². The van der Waals surface area contributed by atoms with E-state index in [1.807, 2.05) is 24.4 Å². The van der Waals surface area contributed by atoms with Crippen LogP contribution >= 0.6 is 0 Å². The molecule has 2 N–H and O–H groups in total. The Kier molecular flexibility index (Phi) is 3.27. The van der Waals surface area contributed by atoms with E-state index in [1.54, 1.807) is 0 Å². The first-order valence-electron chi connectivity index (χ1n) is 7.58. The molecule has 2 aliphatic rings. The molecule has 0 bridgehead atoms. The van der Waals surface area contributed by atoms with E-state index >= 15 is 0 Å². The Morgan fingerprint density at radius 3 is 3.05 bits per heavy atom. The molecule has 1 unspecified atom stereocenters. The number of nitrogens with one attached hydrogen (secondary N) is 2. The largest absolute Gasteiger partial charge is 0.454 e. The smallest absolute Gasteiger partial charge is 0.231 e. The van der Waals surface area contributed by atoms with Gasteiger partial charge in [0.15, 0.2) is 11.5 Å². The van der Waals surface area contributed by atoms with E-state index in [1.165, 1.54) is 19.3 Å². The SMILES string of the molecule is c1cc2c(cc1-c1cnc(C3CCCCCN3)[nH]1)OCO2. The van der Waals surface area contributed by atoms with E-state index in [0.717, 1.165) is 41.5 Å². The molecule has 0 radical (unpaired) electrons. The minimum Gasteiger partial charge on any atom is -0.454 e. The summed E-state index contributed by atoms with van der Waals surface area (Å²) in [6.45, 7) is 1.38. The molecular weight excluding hydrogens is 266 g/mol. The number of aromatic nitrogens is 2. The van der Waals surface area contributed by atoms with Crippen LogP contribution in [-0.2, 0) is 0 Å². The van der Waals surface area contributed by atoms with Crippen LogP contribution in [-0.4, -0.2) is 23.3 Å². The van der Waals surface area contributed by atoms with E-state index < -0.39 is 0 Å². The summed E-state index contributed by atoms with van der Waals surface area (Å²) in [5.74, 6) is 2.64. The normalized spacial score (nSPS) is 21.2. The van der Waals surface area contributed by atoms with Crippen molar-refractivity contribution in [2.75, 3.05) is 13.3 Å². The number of imidazole rings is 1. The number of H-pyrrole nitrogens is 1. The van der Waals surface area contributed by atoms with Gasteiger partial charge in [-0.2, -0.15) is 0 Å². The van der Waals surface area contributed by atoms with Gasteiger partial charge in [-0.05, 0) is 37.6 Å². The lowest BCUT2D eigenvalue weighted by Crippen LogP contribution is -2.21. The number of benzene rings is 1. The van der Waals surface area contributed by atoms with Gasteiger partial charge in [-0.25, -0.2) is 4.98 Å². The predicted molar refractivity (Wildman–Crippen MR) is 79.4 cm³/mol. The lowest BCUT2D eigenvalue weighted by atomic mass is 10.1. The molecule has 0 saturated carbocycles. The predicted octanol–water partition coefficient (Wildman–Crippen LogP) is 3.01. The number of rotatable bonds is 2. The first-order chi connectivity index (χ1) is 10.4. The Balaban J connectivity index is 1.59. The van der Waals surface area contributed by atoms with Gasteiger partial charge in [-0.15, -0.1) is 0 Å². The highest BCUT2D eigenvalue weighted by atomic mass is 16.7. The molecule has 110 valence electrons. The van der Waals surface area contributed by atoms with Crippen molar-refractivity contribution < 1.29 is 9.47 Å². The highest BCUT2D eigenvalue weighted by Gasteiger charge is 2.18. The average Bonchev–Trinajstić information content (AvgIpc) is 3.10. The van der Waals surface area contributed by atoms with E-state index in [9.17, 15) is 0 Å². The maximum Gasteiger partial charge on any atom is 0.231 e. The Bertz CT molecular complexity index is 630. The molecule has 3 heterocycles. The number of aromatic amines is 1. The highest BCUT2D eigenvalue weighted by Crippen LogP contribution is 2.35. The molecule has 0 aliphatic carbocycles. The quantitative estimate of drug-likeness (QED) is 0.890. The van der Waals surface area contributed by atoms with Crippen molar-refractivity contribution in [1.82, 2.24) is 15.3 Å². The Morgan fingerprint density at radius 1 is 1.10 bits per heavy atom. The number of ether oxygens (including phenoxy) is 2. The summed E-state index contributed by atoms with van der Waals surface area (Å²) in [5.41, 5.74) is 2.10. The van der Waals surface area contributed by atoms with Gasteiger partial charge in [0, 0.05) is 5.56 Å². The van der Waals surface area contributed by atoms with Gasteiger partial charge >= 0.3 is 0 Å². The zero-order valence-corrected chi connectivity index (χ0v) is 11.9. The molecule has 1 fully saturated rings. The van der Waals surface area contributed by atoms with Crippen LogP contribution in [0.5, 0.6) is 11.5 Å². The maximum atomic E-state index is 5.43. The Hall–Kier alpha value is -2.01. The van der Waals surface area contributed by atoms with Crippen LogP contribution in [0.3, 0.4) is 0 Å². The third kappa shape index (κ3) is 2.49. The second-order valence-electron chi connectivity index (χ2n) is 5.61. The van der Waals surface area contributed by atoms with Gasteiger partial charge in [0.1, 0.15) is 5.82 Å². The number of nitrogens with zero attached hydrogens (tertiary/aromatic N) is 1. The van der Waals surface area contributed by atoms with E-state index in [4.69, 9.17) is 9.47 Å². The van der Waals surface area contributed by atoms with Gasteiger partial charge in [0.25, 0.3) is 0 Å². The Labute approximate surface area is 123 Å². The van der Waals surface area contributed by atoms with Crippen molar-refractivity contribution in [2.24, 2.45) is 0 Å². The summed E-state index contributed by atoms with van der Waals surface area (Å²) in [5, 5.41) is 3.57. The van der Waals surface area contributed by atoms with E-state index in [2.05, 4.69) is 15.3 Å². The first kappa shape index (κ1) is 12.7. The van der Waals surface area contributed by atoms with E-state index in [0.29, 0.717) is 12.8 Å². The number of fused-ring (bicyclic) bond motifs is 1. The Morgan fingerprint density at radius 2 is 2.05 bits per heavy atom. The van der Waals surface area contributed by atoms with Crippen molar-refractivity contribution in [3.05, 3.63) is 30.2 Å². The summed E-state index contributed by atoms with van der Waals surface area (Å²) in [6, 6.07) is 6.32. The molecular formula is C16H19N3O2. The lowest BCUT2D eigenvalue weighted by Gasteiger charge is -2.12. The van der Waals surface area contributed by atoms with Crippen LogP contribution in [0.15, 0.2) is 24.4 Å². The second kappa shape index (κ2) is 5.41. The average molecular weight is 285 g/mol. The fraction of sp³-hybridized carbons (Fsp3) is 0.438. The van der Waals surface area contributed by atoms with Crippen molar-refractivity contribution in [3.8, 4) is 22.8 Å². The zero-order valence-electron chi connectivity index (χ0n) is 11.9. The fourth-order valence-electron chi connectivity index (χ4n) is 2.99. The molecule has 1 aromatic carbocycles. The first-order valence-corrected chi connectivity index (χ1v) is 7.58. The fourth-order valence-corrected chi connectivity index (χ4v) is 2.99. The van der Waals surface area contributed by atoms with Gasteiger partial charge in [-0.3, -0.25) is 0 Å². The minimum absolute atomic E-state index is 0.305. The molecule has 0 spiro atoms. The third-order valence-corrected chi connectivity index (χ3v) is 4.17. The molecule has 1 atom stereocenters. The third-order valence-electron chi connectivity index (χ3n) is 4.17. The van der Waals surface area contributed by atoms with Crippen LogP contribution < -0.4 is 14.8 Å². The topological polar surface area (TPSA) is 59.2 Å². The second-order valence-corrected chi connectivity index (χ2v) is 5.61. The van der Waals surface area contributed by atoms with Gasteiger partial charge in [-0.1, -0.05) is 12.8 Å². The van der Waals surface area contributed by atoms with Gasteiger partial charge < -0.3 is 19.8 Å². The monoisotopic (exact) mass is 285 g/mol. The summed E-state index contributed by atoms with van der Waals surface area (Å²) >= 11 is 0. The molecule has 0 amide bonds. The van der Waals surface area contributed by atoms with Crippen molar-refractivity contribution in [2.45, 2.75) is 31.7 Å². The molecule has 2 aliphatic heterocycles. The summed E-state index contributed by atoms with van der Waals surface area (Å²) in [7, 11) is 0. The van der Waals surface area contributed by atoms with Crippen LogP contribution in [0.4, 0.5) is 0 Å². The molecule has 1 saturated heterocycles. The minimum atomic E-state index is 0.305. The van der Waals surface area contributed by atoms with Gasteiger partial charge in [0.2, 0.25) is 6.79 Å². The summed E-state index contributed by atoms with van der Waals surface area (Å²) in [4.78, 5) is 8.01. The van der Waals surface area contributed by atoms with Crippen LogP contribution in [0, 0.1) is 0 Å². The summed E-state index contributed by atoms with van der Waals surface area (Å²) in [6.07, 6.45) is 6.87. The van der Waals surface area contributed by atoms with Crippen LogP contribution in [0.2, 0.25) is 0 Å². The summed E-state index contributed by atoms with van der Waals surface area (Å²) < 4.78 is 10.8. The molecule has 5 heteroatoms. The molecule has 1 aromatic heterocycles. The van der Waals surface area contributed by atoms with Gasteiger partial charge in [0.05, 0.1) is 17.9 Å². The van der Waals surface area contributed by atoms with Crippen molar-refractivity contribution in [1.29, 1.82) is 0 Å². The van der Waals surface area contributed by atoms with Crippen molar-refractivity contribution in [3.63, 3.8) is 0 Å². The maximum absolute atomic E-state index is 5.43. The lowest BCUT2D eigenvalue weighted by molar-refractivity contribution is 0.174.